The van der Waals surface area contributed by atoms with E-state index in [1.165, 1.54) is 0 Å². The van der Waals surface area contributed by atoms with Crippen molar-refractivity contribution in [2.75, 3.05) is 13.7 Å². The van der Waals surface area contributed by atoms with Crippen LogP contribution >= 0.6 is 0 Å². The summed E-state index contributed by atoms with van der Waals surface area (Å²) in [5.74, 6) is 0.741. The summed E-state index contributed by atoms with van der Waals surface area (Å²) < 4.78 is 0. The predicted molar refractivity (Wildman–Crippen MR) is 58.0 cm³/mol. The first-order chi connectivity index (χ1) is 6.49. The fraction of sp³-hybridized carbons (Fsp3) is 0.909. The molecule has 3 nitrogen and oxygen atoms in total. The quantitative estimate of drug-likeness (QED) is 0.710. The van der Waals surface area contributed by atoms with Crippen LogP contribution in [0.3, 0.4) is 0 Å². The highest BCUT2D eigenvalue weighted by atomic mass is 16.3. The molecule has 3 heteroatoms. The molecular formula is C11H23NO2. The first-order valence-electron chi connectivity index (χ1n) is 5.35. The molecule has 0 rings (SSSR count). The van der Waals surface area contributed by atoms with Gasteiger partial charge in [0.25, 0.3) is 0 Å². The normalized spacial score (nSPS) is 13.0. The topological polar surface area (TPSA) is 40.5 Å². The van der Waals surface area contributed by atoms with Crippen molar-refractivity contribution < 1.29 is 9.90 Å². The SMILES string of the molecule is CC(C)CC(C)N(C)C(=O)CCCO. The van der Waals surface area contributed by atoms with Crippen molar-refractivity contribution in [2.24, 2.45) is 5.92 Å². The minimum atomic E-state index is 0.0954. The van der Waals surface area contributed by atoms with Crippen LogP contribution in [0.5, 0.6) is 0 Å². The molecule has 0 aromatic heterocycles. The Labute approximate surface area is 87.1 Å². The van der Waals surface area contributed by atoms with Gasteiger partial charge >= 0.3 is 0 Å². The van der Waals surface area contributed by atoms with Gasteiger partial charge in [0.1, 0.15) is 0 Å². The number of amides is 1. The Kier molecular flexibility index (Phi) is 6.54. The van der Waals surface area contributed by atoms with Crippen LogP contribution in [0.15, 0.2) is 0 Å². The minimum Gasteiger partial charge on any atom is -0.396 e. The average molecular weight is 201 g/mol. The number of carbonyl (C=O) groups is 1. The van der Waals surface area contributed by atoms with E-state index in [9.17, 15) is 4.79 Å². The first-order valence-corrected chi connectivity index (χ1v) is 5.35. The summed E-state index contributed by atoms with van der Waals surface area (Å²) >= 11 is 0. The smallest absolute Gasteiger partial charge is 0.222 e. The van der Waals surface area contributed by atoms with E-state index in [-0.39, 0.29) is 12.5 Å². The van der Waals surface area contributed by atoms with Gasteiger partial charge in [0.2, 0.25) is 5.91 Å². The number of hydrogen-bond donors (Lipinski definition) is 1. The van der Waals surface area contributed by atoms with Crippen LogP contribution in [-0.2, 0) is 4.79 Å². The second-order valence-electron chi connectivity index (χ2n) is 4.31. The zero-order chi connectivity index (χ0) is 11.1. The van der Waals surface area contributed by atoms with E-state index >= 15 is 0 Å². The zero-order valence-corrected chi connectivity index (χ0v) is 9.79. The van der Waals surface area contributed by atoms with E-state index in [1.807, 2.05) is 7.05 Å². The Morgan fingerprint density at radius 2 is 1.93 bits per heavy atom. The van der Waals surface area contributed by atoms with E-state index in [4.69, 9.17) is 5.11 Å². The predicted octanol–water partition coefficient (Wildman–Crippen LogP) is 1.65. The van der Waals surface area contributed by atoms with Crippen molar-refractivity contribution >= 4 is 5.91 Å². The highest BCUT2D eigenvalue weighted by Crippen LogP contribution is 2.10. The summed E-state index contributed by atoms with van der Waals surface area (Å²) in [5, 5.41) is 8.61. The third-order valence-electron chi connectivity index (χ3n) is 2.42. The molecular weight excluding hydrogens is 178 g/mol. The maximum Gasteiger partial charge on any atom is 0.222 e. The Morgan fingerprint density at radius 3 is 2.36 bits per heavy atom. The molecule has 0 aliphatic carbocycles. The molecule has 0 spiro atoms. The van der Waals surface area contributed by atoms with Gasteiger partial charge in [0.15, 0.2) is 0 Å². The summed E-state index contributed by atoms with van der Waals surface area (Å²) in [4.78, 5) is 13.3. The van der Waals surface area contributed by atoms with Gasteiger partial charge in [0, 0.05) is 26.1 Å². The number of aliphatic hydroxyl groups is 1. The average Bonchev–Trinajstić information content (AvgIpc) is 2.11. The monoisotopic (exact) mass is 201 g/mol. The number of carbonyl (C=O) groups excluding carboxylic acids is 1. The summed E-state index contributed by atoms with van der Waals surface area (Å²) in [6.45, 7) is 6.47. The third kappa shape index (κ3) is 5.22. The molecule has 0 radical (unpaired) electrons. The lowest BCUT2D eigenvalue weighted by Crippen LogP contribution is -2.35. The van der Waals surface area contributed by atoms with Crippen LogP contribution in [-0.4, -0.2) is 35.6 Å². The van der Waals surface area contributed by atoms with Crippen LogP contribution in [0.2, 0.25) is 0 Å². The van der Waals surface area contributed by atoms with Crippen LogP contribution < -0.4 is 0 Å². The lowest BCUT2D eigenvalue weighted by Gasteiger charge is -2.26. The number of nitrogens with zero attached hydrogens (tertiary/aromatic N) is 1. The maximum absolute atomic E-state index is 11.5. The molecule has 0 heterocycles. The van der Waals surface area contributed by atoms with Crippen LogP contribution in [0.4, 0.5) is 0 Å². The molecule has 1 unspecified atom stereocenters. The number of hydrogen-bond acceptors (Lipinski definition) is 2. The van der Waals surface area contributed by atoms with Crippen molar-refractivity contribution in [3.05, 3.63) is 0 Å². The van der Waals surface area contributed by atoms with Gasteiger partial charge in [-0.05, 0) is 25.7 Å². The molecule has 0 aromatic carbocycles. The summed E-state index contributed by atoms with van der Waals surface area (Å²) in [5.41, 5.74) is 0. The van der Waals surface area contributed by atoms with Gasteiger partial charge in [-0.25, -0.2) is 0 Å². The molecule has 1 N–H and O–H groups in total. The highest BCUT2D eigenvalue weighted by molar-refractivity contribution is 5.76. The van der Waals surface area contributed by atoms with Crippen LogP contribution in [0, 0.1) is 5.92 Å². The fourth-order valence-corrected chi connectivity index (χ4v) is 1.49. The van der Waals surface area contributed by atoms with E-state index in [2.05, 4.69) is 20.8 Å². The zero-order valence-electron chi connectivity index (χ0n) is 9.79. The Bertz CT molecular complexity index is 169. The Hall–Kier alpha value is -0.570. The van der Waals surface area contributed by atoms with Crippen molar-refractivity contribution in [1.82, 2.24) is 4.90 Å². The van der Waals surface area contributed by atoms with Crippen molar-refractivity contribution in [3.8, 4) is 0 Å². The van der Waals surface area contributed by atoms with Gasteiger partial charge in [-0.15, -0.1) is 0 Å². The number of aliphatic hydroxyl groups excluding tert-OH is 1. The second-order valence-corrected chi connectivity index (χ2v) is 4.31. The van der Waals surface area contributed by atoms with Crippen molar-refractivity contribution in [2.45, 2.75) is 46.1 Å². The van der Waals surface area contributed by atoms with E-state index < -0.39 is 0 Å². The highest BCUT2D eigenvalue weighted by Gasteiger charge is 2.15. The minimum absolute atomic E-state index is 0.0954. The molecule has 0 saturated heterocycles. The molecule has 0 aliphatic rings. The fourth-order valence-electron chi connectivity index (χ4n) is 1.49. The first kappa shape index (κ1) is 13.4. The molecule has 0 bridgehead atoms. The van der Waals surface area contributed by atoms with Crippen molar-refractivity contribution in [1.29, 1.82) is 0 Å². The van der Waals surface area contributed by atoms with Crippen molar-refractivity contribution in [3.63, 3.8) is 0 Å². The molecule has 1 atom stereocenters. The standard InChI is InChI=1S/C11H23NO2/c1-9(2)8-10(3)12(4)11(14)6-5-7-13/h9-10,13H,5-8H2,1-4H3. The second kappa shape index (κ2) is 6.82. The molecule has 84 valence electrons. The van der Waals surface area contributed by atoms with Gasteiger partial charge < -0.3 is 10.0 Å². The van der Waals surface area contributed by atoms with Gasteiger partial charge in [-0.2, -0.15) is 0 Å². The molecule has 0 saturated carbocycles. The summed E-state index contributed by atoms with van der Waals surface area (Å²) in [6.07, 6.45) is 2.05. The van der Waals surface area contributed by atoms with Crippen LogP contribution in [0.25, 0.3) is 0 Å². The number of rotatable bonds is 6. The maximum atomic E-state index is 11.5. The van der Waals surface area contributed by atoms with E-state index in [1.54, 1.807) is 4.90 Å². The van der Waals surface area contributed by atoms with Gasteiger partial charge in [-0.3, -0.25) is 4.79 Å². The third-order valence-corrected chi connectivity index (χ3v) is 2.42. The van der Waals surface area contributed by atoms with Gasteiger partial charge in [-0.1, -0.05) is 13.8 Å². The van der Waals surface area contributed by atoms with E-state index in [0.717, 1.165) is 6.42 Å². The van der Waals surface area contributed by atoms with Crippen LogP contribution in [0.1, 0.15) is 40.0 Å². The summed E-state index contributed by atoms with van der Waals surface area (Å²) in [7, 11) is 1.84. The molecule has 0 aromatic rings. The van der Waals surface area contributed by atoms with E-state index in [0.29, 0.717) is 24.8 Å². The summed E-state index contributed by atoms with van der Waals surface area (Å²) in [6, 6.07) is 0.293. The molecule has 14 heavy (non-hydrogen) atoms. The molecule has 1 amide bonds. The van der Waals surface area contributed by atoms with Gasteiger partial charge in [0.05, 0.1) is 0 Å². The Morgan fingerprint density at radius 1 is 1.36 bits per heavy atom. The largest absolute Gasteiger partial charge is 0.396 e. The molecule has 0 aliphatic heterocycles. The molecule has 0 fully saturated rings. The lowest BCUT2D eigenvalue weighted by molar-refractivity contribution is -0.132. The lowest BCUT2D eigenvalue weighted by atomic mass is 10.0. The Balaban J connectivity index is 3.90.